The first kappa shape index (κ1) is 19.8. The fourth-order valence-electron chi connectivity index (χ4n) is 3.26. The van der Waals surface area contributed by atoms with E-state index in [9.17, 15) is 13.6 Å². The summed E-state index contributed by atoms with van der Waals surface area (Å²) in [5, 5.41) is 4.41. The molecule has 2 aromatic carbocycles. The Bertz CT molecular complexity index is 933. The SMILES string of the molecule is CC(=O)c1ccc(C2=NOC(c3cc(Cl)cc(Cl)c3)(C(C)(F)F)C2)cc1C. The zero-order chi connectivity index (χ0) is 20.0. The molecule has 0 bridgehead atoms. The summed E-state index contributed by atoms with van der Waals surface area (Å²) in [5.41, 5.74) is 0.455. The number of carbonyl (C=O) groups is 1. The van der Waals surface area contributed by atoms with Crippen LogP contribution in [0.3, 0.4) is 0 Å². The summed E-state index contributed by atoms with van der Waals surface area (Å²) < 4.78 is 29.3. The van der Waals surface area contributed by atoms with Crippen molar-refractivity contribution >= 4 is 34.7 Å². The Hall–Kier alpha value is -1.98. The number of hydrogen-bond acceptors (Lipinski definition) is 3. The Balaban J connectivity index is 2.02. The van der Waals surface area contributed by atoms with Crippen molar-refractivity contribution in [3.05, 3.63) is 68.7 Å². The molecule has 142 valence electrons. The zero-order valence-electron chi connectivity index (χ0n) is 14.9. The minimum Gasteiger partial charge on any atom is -0.377 e. The van der Waals surface area contributed by atoms with E-state index in [1.807, 2.05) is 0 Å². The van der Waals surface area contributed by atoms with E-state index < -0.39 is 11.5 Å². The number of nitrogens with zero attached hydrogens (tertiary/aromatic N) is 1. The van der Waals surface area contributed by atoms with E-state index in [2.05, 4.69) is 5.16 Å². The molecule has 1 heterocycles. The number of hydrogen-bond donors (Lipinski definition) is 0. The summed E-state index contributed by atoms with van der Waals surface area (Å²) in [6.45, 7) is 4.04. The predicted molar refractivity (Wildman–Crippen MR) is 102 cm³/mol. The lowest BCUT2D eigenvalue weighted by molar-refractivity contribution is -0.193. The maximum absolute atomic E-state index is 14.6. The minimum absolute atomic E-state index is 0.0633. The van der Waals surface area contributed by atoms with Gasteiger partial charge in [0.2, 0.25) is 5.60 Å². The average Bonchev–Trinajstić information content (AvgIpc) is 3.00. The van der Waals surface area contributed by atoms with E-state index in [1.165, 1.54) is 25.1 Å². The molecule has 0 radical (unpaired) electrons. The number of halogens is 4. The van der Waals surface area contributed by atoms with Gasteiger partial charge in [0.15, 0.2) is 5.78 Å². The molecule has 0 fully saturated rings. The second kappa shape index (κ2) is 6.88. The monoisotopic (exact) mass is 411 g/mol. The summed E-state index contributed by atoms with van der Waals surface area (Å²) in [5.74, 6) is -3.31. The van der Waals surface area contributed by atoms with E-state index >= 15 is 0 Å². The molecule has 0 N–H and O–H groups in total. The maximum atomic E-state index is 14.6. The number of carbonyl (C=O) groups excluding carboxylic acids is 1. The smallest absolute Gasteiger partial charge is 0.291 e. The average molecular weight is 412 g/mol. The van der Waals surface area contributed by atoms with Crippen LogP contribution in [0.1, 0.15) is 47.3 Å². The molecule has 0 saturated heterocycles. The van der Waals surface area contributed by atoms with Crippen molar-refractivity contribution in [2.75, 3.05) is 0 Å². The lowest BCUT2D eigenvalue weighted by Crippen LogP contribution is -2.43. The Labute approximate surface area is 165 Å². The van der Waals surface area contributed by atoms with E-state index in [0.29, 0.717) is 16.8 Å². The lowest BCUT2D eigenvalue weighted by Gasteiger charge is -2.33. The molecular formula is C20H17Cl2F2NO2. The van der Waals surface area contributed by atoms with Gasteiger partial charge in [0.05, 0.1) is 5.71 Å². The molecule has 7 heteroatoms. The van der Waals surface area contributed by atoms with Gasteiger partial charge in [-0.2, -0.15) is 0 Å². The Morgan fingerprint density at radius 3 is 2.33 bits per heavy atom. The van der Waals surface area contributed by atoms with E-state index in [4.69, 9.17) is 28.0 Å². The van der Waals surface area contributed by atoms with Crippen molar-refractivity contribution in [3.8, 4) is 0 Å². The summed E-state index contributed by atoms with van der Waals surface area (Å²) in [6.07, 6.45) is -0.161. The third kappa shape index (κ3) is 3.58. The van der Waals surface area contributed by atoms with Gasteiger partial charge in [-0.3, -0.25) is 4.79 Å². The number of oxime groups is 1. The number of benzene rings is 2. The lowest BCUT2D eigenvalue weighted by atomic mass is 9.82. The first-order chi connectivity index (χ1) is 12.5. The van der Waals surface area contributed by atoms with Crippen molar-refractivity contribution in [1.29, 1.82) is 0 Å². The molecule has 2 aromatic rings. The second-order valence-electron chi connectivity index (χ2n) is 6.77. The van der Waals surface area contributed by atoms with Crippen molar-refractivity contribution in [1.82, 2.24) is 0 Å². The predicted octanol–water partition coefficient (Wildman–Crippen LogP) is 6.18. The molecule has 0 aromatic heterocycles. The quantitative estimate of drug-likeness (QED) is 0.563. The molecule has 3 nitrogen and oxygen atoms in total. The minimum atomic E-state index is -3.25. The van der Waals surface area contributed by atoms with Gasteiger partial charge in [-0.05, 0) is 49.2 Å². The van der Waals surface area contributed by atoms with Gasteiger partial charge in [0.1, 0.15) is 0 Å². The third-order valence-electron chi connectivity index (χ3n) is 4.70. The number of alkyl halides is 2. The normalized spacial score (nSPS) is 19.6. The molecule has 1 atom stereocenters. The van der Waals surface area contributed by atoms with Crippen LogP contribution in [0, 0.1) is 6.92 Å². The van der Waals surface area contributed by atoms with Gasteiger partial charge < -0.3 is 4.84 Å². The van der Waals surface area contributed by atoms with Crippen molar-refractivity contribution in [2.24, 2.45) is 5.16 Å². The van der Waals surface area contributed by atoms with Crippen LogP contribution in [0.5, 0.6) is 0 Å². The molecule has 0 aliphatic carbocycles. The highest BCUT2D eigenvalue weighted by molar-refractivity contribution is 6.34. The molecule has 0 saturated carbocycles. The first-order valence-corrected chi connectivity index (χ1v) is 9.00. The molecule has 1 aliphatic rings. The van der Waals surface area contributed by atoms with Gasteiger partial charge >= 0.3 is 0 Å². The molecule has 1 unspecified atom stereocenters. The fourth-order valence-corrected chi connectivity index (χ4v) is 3.78. The molecule has 0 amide bonds. The van der Waals surface area contributed by atoms with Gasteiger partial charge in [0, 0.05) is 34.5 Å². The van der Waals surface area contributed by atoms with Crippen LogP contribution in [0.4, 0.5) is 8.78 Å². The van der Waals surface area contributed by atoms with Crippen LogP contribution in [-0.4, -0.2) is 17.4 Å². The van der Waals surface area contributed by atoms with Crippen LogP contribution < -0.4 is 0 Å². The number of ketones is 1. The Morgan fingerprint density at radius 2 is 1.81 bits per heavy atom. The van der Waals surface area contributed by atoms with E-state index in [1.54, 1.807) is 25.1 Å². The van der Waals surface area contributed by atoms with Crippen molar-refractivity contribution in [3.63, 3.8) is 0 Å². The highest BCUT2D eigenvalue weighted by atomic mass is 35.5. The molecule has 27 heavy (non-hydrogen) atoms. The van der Waals surface area contributed by atoms with Crippen LogP contribution in [0.25, 0.3) is 0 Å². The van der Waals surface area contributed by atoms with Crippen LogP contribution in [0.2, 0.25) is 10.0 Å². The Kier molecular flexibility index (Phi) is 5.04. The standard InChI is InChI=1S/C20H17Cl2F2NO2/c1-11-6-13(4-5-17(11)12(2)26)18-10-20(27-25-18,19(3,23)24)14-7-15(21)9-16(22)8-14/h4-9H,10H2,1-3H3. The summed E-state index contributed by atoms with van der Waals surface area (Å²) in [4.78, 5) is 16.9. The fraction of sp³-hybridized carbons (Fsp3) is 0.300. The van der Waals surface area contributed by atoms with E-state index in [-0.39, 0.29) is 27.8 Å². The van der Waals surface area contributed by atoms with Crippen LogP contribution in [-0.2, 0) is 10.4 Å². The third-order valence-corrected chi connectivity index (χ3v) is 5.14. The molecule has 3 rings (SSSR count). The van der Waals surface area contributed by atoms with Crippen molar-refractivity contribution < 1.29 is 18.4 Å². The summed E-state index contributed by atoms with van der Waals surface area (Å²) >= 11 is 12.0. The topological polar surface area (TPSA) is 38.7 Å². The van der Waals surface area contributed by atoms with Crippen molar-refractivity contribution in [2.45, 2.75) is 38.7 Å². The van der Waals surface area contributed by atoms with Crippen LogP contribution in [0.15, 0.2) is 41.6 Å². The highest BCUT2D eigenvalue weighted by Crippen LogP contribution is 2.48. The summed E-state index contributed by atoms with van der Waals surface area (Å²) in [7, 11) is 0. The molecule has 1 aliphatic heterocycles. The number of Topliss-reactive ketones (excluding diaryl/α,β-unsaturated/α-hetero) is 1. The zero-order valence-corrected chi connectivity index (χ0v) is 16.5. The van der Waals surface area contributed by atoms with Gasteiger partial charge in [0.25, 0.3) is 5.92 Å². The Morgan fingerprint density at radius 1 is 1.19 bits per heavy atom. The molecule has 0 spiro atoms. The van der Waals surface area contributed by atoms with Gasteiger partial charge in [-0.15, -0.1) is 0 Å². The number of aryl methyl sites for hydroxylation is 1. The highest BCUT2D eigenvalue weighted by Gasteiger charge is 2.58. The summed E-state index contributed by atoms with van der Waals surface area (Å²) in [6, 6.07) is 9.37. The molecular weight excluding hydrogens is 395 g/mol. The van der Waals surface area contributed by atoms with Gasteiger partial charge in [-0.25, -0.2) is 8.78 Å². The largest absolute Gasteiger partial charge is 0.377 e. The van der Waals surface area contributed by atoms with Crippen LogP contribution >= 0.6 is 23.2 Å². The van der Waals surface area contributed by atoms with E-state index in [0.717, 1.165) is 12.5 Å². The second-order valence-corrected chi connectivity index (χ2v) is 7.64. The van der Waals surface area contributed by atoms with Gasteiger partial charge in [-0.1, -0.05) is 40.5 Å². The number of rotatable bonds is 4. The maximum Gasteiger partial charge on any atom is 0.291 e. The first-order valence-electron chi connectivity index (χ1n) is 8.25.